The van der Waals surface area contributed by atoms with E-state index in [2.05, 4.69) is 9.40 Å². The summed E-state index contributed by atoms with van der Waals surface area (Å²) < 4.78 is 3.34. The van der Waals surface area contributed by atoms with Crippen molar-refractivity contribution >= 4 is 44.2 Å². The van der Waals surface area contributed by atoms with Crippen LogP contribution < -0.4 is 5.32 Å². The average molecular weight is 372 g/mol. The summed E-state index contributed by atoms with van der Waals surface area (Å²) in [5.41, 5.74) is 0. The molecule has 0 radical (unpaired) electrons. The summed E-state index contributed by atoms with van der Waals surface area (Å²) in [5, 5.41) is 2.64. The first kappa shape index (κ1) is 13.8. The van der Waals surface area contributed by atoms with Gasteiger partial charge in [-0.15, -0.1) is 0 Å². The molecule has 1 aromatic heterocycles. The van der Waals surface area contributed by atoms with E-state index in [-0.39, 0.29) is 51.2 Å². The van der Waals surface area contributed by atoms with Crippen LogP contribution in [0, 0.1) is 0 Å². The van der Waals surface area contributed by atoms with Gasteiger partial charge >= 0.3 is 120 Å². The molecule has 0 atom stereocenters. The summed E-state index contributed by atoms with van der Waals surface area (Å²) in [4.78, 5) is 35.1. The van der Waals surface area contributed by atoms with Gasteiger partial charge in [0.25, 0.3) is 0 Å². The zero-order valence-corrected chi connectivity index (χ0v) is 12.4. The van der Waals surface area contributed by atoms with E-state index in [0.717, 1.165) is 4.90 Å². The van der Waals surface area contributed by atoms with Crippen molar-refractivity contribution in [1.82, 2.24) is 10.2 Å². The van der Waals surface area contributed by atoms with Crippen LogP contribution in [0.3, 0.4) is 0 Å². The molecule has 0 aromatic carbocycles. The van der Waals surface area contributed by atoms with Crippen molar-refractivity contribution in [2.45, 2.75) is 0 Å². The van der Waals surface area contributed by atoms with Gasteiger partial charge in [-0.2, -0.15) is 0 Å². The second-order valence-corrected chi connectivity index (χ2v) is 6.60. The van der Waals surface area contributed by atoms with Crippen LogP contribution in [0.25, 0.3) is 6.08 Å². The van der Waals surface area contributed by atoms with E-state index in [9.17, 15) is 14.4 Å². The summed E-state index contributed by atoms with van der Waals surface area (Å²) in [6.45, 7) is 0.457. The standard InChI is InChI=1S/C13H12N2O3Te/c16-11(4-3-10-2-1-9-19-10)14-7-8-15-12(17)5-6-13(15)18/h1-6,9H,7-8H2,(H,14,16). The maximum absolute atomic E-state index is 11.5. The molecule has 2 heterocycles. The second-order valence-electron chi connectivity index (χ2n) is 3.80. The number of carbonyl (C=O) groups excluding carboxylic acids is 3. The van der Waals surface area contributed by atoms with Gasteiger partial charge in [0, 0.05) is 0 Å². The summed E-state index contributed by atoms with van der Waals surface area (Å²) in [5.74, 6) is -0.877. The number of imide groups is 1. The Morgan fingerprint density at radius 2 is 2.05 bits per heavy atom. The van der Waals surface area contributed by atoms with Crippen LogP contribution in [0.15, 0.2) is 34.4 Å². The summed E-state index contributed by atoms with van der Waals surface area (Å²) in [7, 11) is 0. The van der Waals surface area contributed by atoms with Crippen molar-refractivity contribution in [1.29, 1.82) is 0 Å². The Morgan fingerprint density at radius 1 is 1.32 bits per heavy atom. The Morgan fingerprint density at radius 3 is 2.68 bits per heavy atom. The Labute approximate surface area is 120 Å². The van der Waals surface area contributed by atoms with E-state index in [1.165, 1.54) is 21.8 Å². The van der Waals surface area contributed by atoms with Gasteiger partial charge in [0.15, 0.2) is 0 Å². The minimum atomic E-state index is -0.331. The van der Waals surface area contributed by atoms with Crippen molar-refractivity contribution in [3.63, 3.8) is 0 Å². The molecule has 0 unspecified atom stereocenters. The number of nitrogens with one attached hydrogen (secondary N) is 1. The van der Waals surface area contributed by atoms with Crippen molar-refractivity contribution in [2.75, 3.05) is 13.1 Å². The zero-order chi connectivity index (χ0) is 13.7. The Balaban J connectivity index is 1.73. The molecule has 98 valence electrons. The van der Waals surface area contributed by atoms with Crippen molar-refractivity contribution in [2.24, 2.45) is 0 Å². The number of carbonyl (C=O) groups is 3. The van der Waals surface area contributed by atoms with Gasteiger partial charge in [0.2, 0.25) is 0 Å². The molecule has 0 saturated heterocycles. The Bertz CT molecular complexity index is 528. The molecule has 0 spiro atoms. The molecule has 1 aliphatic heterocycles. The zero-order valence-electron chi connectivity index (χ0n) is 10.0. The fourth-order valence-corrected chi connectivity index (χ4v) is 3.31. The van der Waals surface area contributed by atoms with Gasteiger partial charge in [-0.05, 0) is 0 Å². The van der Waals surface area contributed by atoms with Gasteiger partial charge in [-0.3, -0.25) is 0 Å². The Kier molecular flexibility index (Phi) is 4.72. The number of hydrogen-bond donors (Lipinski definition) is 1. The predicted molar refractivity (Wildman–Crippen MR) is 71.3 cm³/mol. The van der Waals surface area contributed by atoms with Crippen LogP contribution in [0.5, 0.6) is 0 Å². The topological polar surface area (TPSA) is 66.5 Å². The van der Waals surface area contributed by atoms with E-state index in [1.807, 2.05) is 18.2 Å². The molecule has 0 aliphatic carbocycles. The summed E-state index contributed by atoms with van der Waals surface area (Å²) >= 11 is -0.249. The average Bonchev–Trinajstić information content (AvgIpc) is 3.00. The first-order valence-corrected chi connectivity index (χ1v) is 8.21. The summed E-state index contributed by atoms with van der Waals surface area (Å²) in [6, 6.07) is 4.00. The summed E-state index contributed by atoms with van der Waals surface area (Å²) in [6.07, 6.45) is 5.75. The van der Waals surface area contributed by atoms with Gasteiger partial charge in [-0.25, -0.2) is 0 Å². The first-order valence-electron chi connectivity index (χ1n) is 5.70. The Hall–Kier alpha value is -1.64. The third-order valence-corrected chi connectivity index (χ3v) is 4.87. The van der Waals surface area contributed by atoms with E-state index in [0.29, 0.717) is 0 Å². The van der Waals surface area contributed by atoms with E-state index < -0.39 is 0 Å². The molecule has 1 aliphatic rings. The van der Waals surface area contributed by atoms with E-state index in [1.54, 1.807) is 0 Å². The van der Waals surface area contributed by atoms with Crippen LogP contribution in [0.2, 0.25) is 0 Å². The first-order chi connectivity index (χ1) is 9.16. The van der Waals surface area contributed by atoms with Crippen LogP contribution in [-0.4, -0.2) is 56.1 Å². The monoisotopic (exact) mass is 374 g/mol. The molecule has 19 heavy (non-hydrogen) atoms. The SMILES string of the molecule is O=C(C=Cc1ccc[te]1)NCCN1C(=O)C=CC1=O. The molecule has 2 rings (SSSR count). The van der Waals surface area contributed by atoms with Crippen LogP contribution in [0.4, 0.5) is 0 Å². The second kappa shape index (κ2) is 6.50. The van der Waals surface area contributed by atoms with Gasteiger partial charge in [-0.1, -0.05) is 0 Å². The number of hydrogen-bond acceptors (Lipinski definition) is 3. The molecular formula is C13H12N2O3Te. The van der Waals surface area contributed by atoms with Crippen LogP contribution >= 0.6 is 0 Å². The molecule has 3 amide bonds. The van der Waals surface area contributed by atoms with Crippen molar-refractivity contribution in [3.8, 4) is 0 Å². The number of nitrogens with zero attached hydrogens (tertiary/aromatic N) is 1. The van der Waals surface area contributed by atoms with Gasteiger partial charge < -0.3 is 0 Å². The molecular weight excluding hydrogens is 360 g/mol. The fraction of sp³-hybridized carbons (Fsp3) is 0.154. The van der Waals surface area contributed by atoms with Crippen molar-refractivity contribution < 1.29 is 14.4 Å². The number of rotatable bonds is 5. The van der Waals surface area contributed by atoms with E-state index >= 15 is 0 Å². The van der Waals surface area contributed by atoms with Crippen LogP contribution in [0.1, 0.15) is 3.58 Å². The number of amides is 3. The molecule has 1 aromatic rings. The third-order valence-electron chi connectivity index (χ3n) is 2.48. The molecule has 0 saturated carbocycles. The predicted octanol–water partition coefficient (Wildman–Crippen LogP) is -0.202. The molecule has 1 N–H and O–H groups in total. The fourth-order valence-electron chi connectivity index (χ4n) is 1.55. The normalized spacial score (nSPS) is 14.6. The van der Waals surface area contributed by atoms with E-state index in [4.69, 9.17) is 0 Å². The molecule has 0 fully saturated rings. The maximum atomic E-state index is 11.5. The van der Waals surface area contributed by atoms with Gasteiger partial charge in [0.1, 0.15) is 0 Å². The molecule has 5 nitrogen and oxygen atoms in total. The molecule has 0 bridgehead atoms. The quantitative estimate of drug-likeness (QED) is 0.443. The minimum absolute atomic E-state index is 0.197. The molecule has 6 heteroatoms. The third kappa shape index (κ3) is 3.91. The van der Waals surface area contributed by atoms with Gasteiger partial charge in [0.05, 0.1) is 0 Å². The van der Waals surface area contributed by atoms with Crippen molar-refractivity contribution in [3.05, 3.63) is 38.0 Å². The van der Waals surface area contributed by atoms with Crippen LogP contribution in [-0.2, 0) is 14.4 Å².